The zero-order valence-electron chi connectivity index (χ0n) is 62.8. The third-order valence-electron chi connectivity index (χ3n) is 20.3. The van der Waals surface area contributed by atoms with E-state index in [1.165, 1.54) is 411 Å². The van der Waals surface area contributed by atoms with Gasteiger partial charge >= 0.3 is 5.97 Å². The lowest BCUT2D eigenvalue weighted by Gasteiger charge is -2.22. The van der Waals surface area contributed by atoms with Crippen molar-refractivity contribution in [2.45, 2.75) is 501 Å². The molecule has 0 rings (SSSR count). The summed E-state index contributed by atoms with van der Waals surface area (Å²) < 4.78 is 5.50. The number of amides is 1. The van der Waals surface area contributed by atoms with Crippen molar-refractivity contribution >= 4 is 11.9 Å². The number of allylic oxidation sites excluding steroid dienone is 4. The molecule has 3 N–H and O–H groups in total. The molecule has 1 amide bonds. The number of esters is 1. The average Bonchev–Trinajstić information content (AvgIpc) is 3.54. The highest BCUT2D eigenvalue weighted by Crippen LogP contribution is 2.21. The van der Waals surface area contributed by atoms with E-state index < -0.39 is 12.1 Å². The lowest BCUT2D eigenvalue weighted by atomic mass is 10.0. The summed E-state index contributed by atoms with van der Waals surface area (Å²) in [6.45, 7) is 5.02. The highest BCUT2D eigenvalue weighted by Gasteiger charge is 2.20. The molecule has 0 aromatic heterocycles. The van der Waals surface area contributed by atoms with Crippen molar-refractivity contribution in [1.29, 1.82) is 0 Å². The van der Waals surface area contributed by atoms with Crippen LogP contribution in [0.15, 0.2) is 24.3 Å². The maximum Gasteiger partial charge on any atom is 0.305 e. The van der Waals surface area contributed by atoms with Gasteiger partial charge in [-0.2, -0.15) is 0 Å². The fraction of sp³-hybridized carbons (Fsp3) is 0.930. The quantitative estimate of drug-likeness (QED) is 0.0320. The van der Waals surface area contributed by atoms with E-state index in [2.05, 4.69) is 43.5 Å². The van der Waals surface area contributed by atoms with Crippen molar-refractivity contribution < 1.29 is 24.5 Å². The van der Waals surface area contributed by atoms with Crippen molar-refractivity contribution in [1.82, 2.24) is 5.32 Å². The lowest BCUT2D eigenvalue weighted by Crippen LogP contribution is -2.45. The Balaban J connectivity index is 3.36. The molecule has 0 fully saturated rings. The molecule has 0 radical (unpaired) electrons. The lowest BCUT2D eigenvalue weighted by molar-refractivity contribution is -0.143. The van der Waals surface area contributed by atoms with Crippen molar-refractivity contribution in [2.24, 2.45) is 0 Å². The normalized spacial score (nSPS) is 12.5. The Kier molecular flexibility index (Phi) is 80.3. The SMILES string of the molecule is CCCCCCCCCCCCCCCCCCCCCCCCCCC(O)C(CO)NC(=O)CCCCCCCCCCCCCCCCCCC/C=C\C/C=C\CCCCCCCCCCCCCCCOC(=O)CCCCCCCCCCCCCCCC. The minimum atomic E-state index is -0.664. The van der Waals surface area contributed by atoms with Crippen LogP contribution in [0.3, 0.4) is 0 Å². The van der Waals surface area contributed by atoms with Gasteiger partial charge in [0.25, 0.3) is 0 Å². The molecule has 0 aromatic carbocycles. The molecule has 0 aromatic rings. The highest BCUT2D eigenvalue weighted by atomic mass is 16.5. The van der Waals surface area contributed by atoms with E-state index in [9.17, 15) is 19.8 Å². The first-order valence-corrected chi connectivity index (χ1v) is 42.6. The average molecular weight is 1300 g/mol. The van der Waals surface area contributed by atoms with E-state index in [0.717, 1.165) is 44.9 Å². The highest BCUT2D eigenvalue weighted by molar-refractivity contribution is 5.76. The molecular formula is C86H167NO5. The number of aliphatic hydroxyl groups excluding tert-OH is 2. The zero-order chi connectivity index (χ0) is 66.3. The summed E-state index contributed by atoms with van der Waals surface area (Å²) in [6, 6.07) is -0.541. The smallest absolute Gasteiger partial charge is 0.305 e. The van der Waals surface area contributed by atoms with E-state index in [1.807, 2.05) is 0 Å². The van der Waals surface area contributed by atoms with Crippen LogP contribution < -0.4 is 5.32 Å². The summed E-state index contributed by atoms with van der Waals surface area (Å²) in [5, 5.41) is 23.5. The molecule has 2 atom stereocenters. The van der Waals surface area contributed by atoms with E-state index in [-0.39, 0.29) is 18.5 Å². The Bertz CT molecular complexity index is 1450. The molecule has 2 unspecified atom stereocenters. The molecule has 6 nitrogen and oxygen atoms in total. The second-order valence-corrected chi connectivity index (χ2v) is 29.5. The van der Waals surface area contributed by atoms with Crippen LogP contribution in [0.1, 0.15) is 489 Å². The number of ether oxygens (including phenoxy) is 1. The molecule has 0 aliphatic rings. The monoisotopic (exact) mass is 1290 g/mol. The van der Waals surface area contributed by atoms with E-state index in [1.54, 1.807) is 0 Å². The number of nitrogens with one attached hydrogen (secondary N) is 1. The summed E-state index contributed by atoms with van der Waals surface area (Å²) in [4.78, 5) is 24.7. The van der Waals surface area contributed by atoms with Crippen LogP contribution >= 0.6 is 0 Å². The second kappa shape index (κ2) is 81.8. The van der Waals surface area contributed by atoms with Gasteiger partial charge in [-0.25, -0.2) is 0 Å². The fourth-order valence-corrected chi connectivity index (χ4v) is 13.8. The molecule has 92 heavy (non-hydrogen) atoms. The van der Waals surface area contributed by atoms with Gasteiger partial charge in [0.2, 0.25) is 5.91 Å². The Hall–Kier alpha value is -1.66. The second-order valence-electron chi connectivity index (χ2n) is 29.5. The number of hydrogen-bond donors (Lipinski definition) is 3. The van der Waals surface area contributed by atoms with Crippen molar-refractivity contribution in [3.8, 4) is 0 Å². The Labute approximate surface area is 577 Å². The first-order valence-electron chi connectivity index (χ1n) is 42.6. The standard InChI is InChI=1S/C86H167NO5/c1-3-5-7-9-11-13-15-17-19-20-21-22-23-39-42-45-48-51-54-58-62-66-70-74-78-84(89)83(82-88)87-85(90)79-75-71-67-63-59-55-52-49-46-43-40-37-35-33-31-29-27-25-24-26-28-30-32-34-36-38-41-44-47-50-53-57-61-65-69-73-77-81-92-86(91)80-76-72-68-64-60-56-18-16-14-12-10-8-6-4-2/h24,26,30,32,83-84,88-89H,3-23,25,27-29,31,33-82H2,1-2H3,(H,87,90)/b26-24-,32-30-. The minimum absolute atomic E-state index is 0.0222. The minimum Gasteiger partial charge on any atom is -0.466 e. The van der Waals surface area contributed by atoms with E-state index in [0.29, 0.717) is 25.9 Å². The Morgan fingerprint density at radius 2 is 0.543 bits per heavy atom. The molecule has 0 saturated heterocycles. The van der Waals surface area contributed by atoms with Crippen LogP contribution in [0.2, 0.25) is 0 Å². The molecule has 0 aliphatic carbocycles. The van der Waals surface area contributed by atoms with Crippen molar-refractivity contribution in [3.63, 3.8) is 0 Å². The van der Waals surface area contributed by atoms with Crippen molar-refractivity contribution in [2.75, 3.05) is 13.2 Å². The molecular weight excluding hydrogens is 1130 g/mol. The van der Waals surface area contributed by atoms with Crippen LogP contribution in [0.25, 0.3) is 0 Å². The van der Waals surface area contributed by atoms with E-state index >= 15 is 0 Å². The van der Waals surface area contributed by atoms with Crippen LogP contribution in [0.4, 0.5) is 0 Å². The van der Waals surface area contributed by atoms with Gasteiger partial charge in [0, 0.05) is 12.8 Å². The number of carbonyl (C=O) groups excluding carboxylic acids is 2. The Morgan fingerprint density at radius 1 is 0.304 bits per heavy atom. The number of aliphatic hydroxyl groups is 2. The summed E-state index contributed by atoms with van der Waals surface area (Å²) >= 11 is 0. The van der Waals surface area contributed by atoms with E-state index in [4.69, 9.17) is 4.74 Å². The van der Waals surface area contributed by atoms with Gasteiger partial charge in [-0.05, 0) is 57.8 Å². The van der Waals surface area contributed by atoms with Gasteiger partial charge in [0.15, 0.2) is 0 Å². The van der Waals surface area contributed by atoms with Crippen LogP contribution in [0, 0.1) is 0 Å². The first kappa shape index (κ1) is 90.3. The number of carbonyl (C=O) groups is 2. The molecule has 0 heterocycles. The van der Waals surface area contributed by atoms with Crippen LogP contribution in [-0.4, -0.2) is 47.4 Å². The van der Waals surface area contributed by atoms with Gasteiger partial charge < -0.3 is 20.3 Å². The van der Waals surface area contributed by atoms with Crippen LogP contribution in [0.5, 0.6) is 0 Å². The number of rotatable bonds is 81. The molecule has 546 valence electrons. The maximum atomic E-state index is 12.6. The van der Waals surface area contributed by atoms with Crippen LogP contribution in [-0.2, 0) is 14.3 Å². The fourth-order valence-electron chi connectivity index (χ4n) is 13.8. The molecule has 0 bridgehead atoms. The number of hydrogen-bond acceptors (Lipinski definition) is 5. The number of unbranched alkanes of at least 4 members (excludes halogenated alkanes) is 66. The zero-order valence-corrected chi connectivity index (χ0v) is 62.8. The predicted octanol–water partition coefficient (Wildman–Crippen LogP) is 28.4. The molecule has 0 spiro atoms. The van der Waals surface area contributed by atoms with Gasteiger partial charge in [-0.15, -0.1) is 0 Å². The summed E-state index contributed by atoms with van der Waals surface area (Å²) in [5.74, 6) is -0.00385. The third kappa shape index (κ3) is 77.3. The molecule has 6 heteroatoms. The molecule has 0 saturated carbocycles. The Morgan fingerprint density at radius 3 is 0.826 bits per heavy atom. The topological polar surface area (TPSA) is 95.9 Å². The summed E-state index contributed by atoms with van der Waals surface area (Å²) in [5.41, 5.74) is 0. The van der Waals surface area contributed by atoms with Gasteiger partial charge in [-0.1, -0.05) is 443 Å². The summed E-state index contributed by atoms with van der Waals surface area (Å²) in [6.07, 6.45) is 106. The predicted molar refractivity (Wildman–Crippen MR) is 407 cm³/mol. The molecule has 0 aliphatic heterocycles. The maximum absolute atomic E-state index is 12.6. The first-order chi connectivity index (χ1) is 45.5. The van der Waals surface area contributed by atoms with Gasteiger partial charge in [0.1, 0.15) is 0 Å². The van der Waals surface area contributed by atoms with Crippen molar-refractivity contribution in [3.05, 3.63) is 24.3 Å². The summed E-state index contributed by atoms with van der Waals surface area (Å²) in [7, 11) is 0. The van der Waals surface area contributed by atoms with Gasteiger partial charge in [-0.3, -0.25) is 9.59 Å². The third-order valence-corrected chi connectivity index (χ3v) is 20.3. The van der Waals surface area contributed by atoms with Gasteiger partial charge in [0.05, 0.1) is 25.4 Å². The largest absolute Gasteiger partial charge is 0.466 e.